The van der Waals surface area contributed by atoms with Crippen molar-refractivity contribution in [2.24, 2.45) is 0 Å². The average Bonchev–Trinajstić information content (AvgIpc) is 3.19. The molecule has 5 rings (SSSR count). The van der Waals surface area contributed by atoms with Gasteiger partial charge in [0.05, 0.1) is 17.7 Å². The molecule has 3 aromatic rings. The van der Waals surface area contributed by atoms with Gasteiger partial charge in [0.25, 0.3) is 11.1 Å². The number of nitrogens with one attached hydrogen (secondary N) is 3. The number of benzene rings is 2. The van der Waals surface area contributed by atoms with Gasteiger partial charge in [0.15, 0.2) is 0 Å². The van der Waals surface area contributed by atoms with Gasteiger partial charge in [0.1, 0.15) is 5.75 Å². The zero-order valence-corrected chi connectivity index (χ0v) is 20.2. The number of hydrogen-bond acceptors (Lipinski definition) is 8. The standard InChI is InChI=1S/C26H27N5O3S/c1-34-22-11-6-16-4-2-3-5-20(16)21(22)15-28-17-7-9-18(10-8-17)29-25-27-13-12-19(30-25)14-23-24(32)31-26(33)35-23/h2-6,11-14,17-18,28H,7-10,15H2,1H3,(H,27,29,30)(H,31,32,33)/t17-,18-. The molecule has 0 radical (unpaired) electrons. The molecule has 3 N–H and O–H groups in total. The third-order valence-corrected chi connectivity index (χ3v) is 7.25. The summed E-state index contributed by atoms with van der Waals surface area (Å²) in [6.07, 6.45) is 7.38. The second-order valence-electron chi connectivity index (χ2n) is 8.70. The topological polar surface area (TPSA) is 105 Å². The summed E-state index contributed by atoms with van der Waals surface area (Å²) in [7, 11) is 1.72. The van der Waals surface area contributed by atoms with E-state index in [4.69, 9.17) is 4.74 Å². The van der Waals surface area contributed by atoms with Gasteiger partial charge in [-0.05, 0) is 66.4 Å². The number of nitrogens with zero attached hydrogens (tertiary/aromatic N) is 2. The number of imide groups is 1. The number of rotatable bonds is 7. The Hall–Kier alpha value is -3.43. The molecule has 2 heterocycles. The molecule has 2 aromatic carbocycles. The van der Waals surface area contributed by atoms with Crippen LogP contribution in [-0.4, -0.2) is 40.3 Å². The van der Waals surface area contributed by atoms with Gasteiger partial charge in [-0.15, -0.1) is 0 Å². The van der Waals surface area contributed by atoms with Crippen LogP contribution in [0.4, 0.5) is 10.7 Å². The Morgan fingerprint density at radius 1 is 1.09 bits per heavy atom. The lowest BCUT2D eigenvalue weighted by molar-refractivity contribution is -0.115. The van der Waals surface area contributed by atoms with Crippen LogP contribution in [0.25, 0.3) is 16.8 Å². The van der Waals surface area contributed by atoms with Gasteiger partial charge >= 0.3 is 0 Å². The third kappa shape index (κ3) is 5.47. The number of aromatic nitrogens is 2. The maximum Gasteiger partial charge on any atom is 0.290 e. The Morgan fingerprint density at radius 3 is 2.66 bits per heavy atom. The highest BCUT2D eigenvalue weighted by Crippen LogP contribution is 2.29. The van der Waals surface area contributed by atoms with Gasteiger partial charge in [-0.1, -0.05) is 30.3 Å². The van der Waals surface area contributed by atoms with Crippen LogP contribution < -0.4 is 20.7 Å². The van der Waals surface area contributed by atoms with Crippen molar-refractivity contribution in [3.05, 3.63) is 64.8 Å². The van der Waals surface area contributed by atoms with E-state index in [-0.39, 0.29) is 17.2 Å². The highest BCUT2D eigenvalue weighted by Gasteiger charge is 2.25. The van der Waals surface area contributed by atoms with Crippen LogP contribution in [0.1, 0.15) is 36.9 Å². The molecule has 0 spiro atoms. The summed E-state index contributed by atoms with van der Waals surface area (Å²) in [6, 6.07) is 15.0. The van der Waals surface area contributed by atoms with E-state index < -0.39 is 0 Å². The van der Waals surface area contributed by atoms with Gasteiger partial charge in [0, 0.05) is 30.4 Å². The van der Waals surface area contributed by atoms with E-state index in [2.05, 4.69) is 56.3 Å². The van der Waals surface area contributed by atoms with Gasteiger partial charge in [-0.3, -0.25) is 14.9 Å². The summed E-state index contributed by atoms with van der Waals surface area (Å²) in [6.45, 7) is 0.765. The predicted molar refractivity (Wildman–Crippen MR) is 138 cm³/mol. The summed E-state index contributed by atoms with van der Waals surface area (Å²) < 4.78 is 5.63. The van der Waals surface area contributed by atoms with Crippen molar-refractivity contribution in [2.75, 3.05) is 12.4 Å². The van der Waals surface area contributed by atoms with Crippen LogP contribution in [0.3, 0.4) is 0 Å². The molecule has 1 aliphatic heterocycles. The summed E-state index contributed by atoms with van der Waals surface area (Å²) >= 11 is 0.882. The highest BCUT2D eigenvalue weighted by atomic mass is 32.2. The predicted octanol–water partition coefficient (Wildman–Crippen LogP) is 4.48. The van der Waals surface area contributed by atoms with Gasteiger partial charge in [-0.2, -0.15) is 0 Å². The fourth-order valence-electron chi connectivity index (χ4n) is 4.64. The fourth-order valence-corrected chi connectivity index (χ4v) is 5.31. The number of amides is 2. The van der Waals surface area contributed by atoms with E-state index >= 15 is 0 Å². The molecule has 1 aromatic heterocycles. The maximum absolute atomic E-state index is 11.8. The van der Waals surface area contributed by atoms with Crippen molar-refractivity contribution < 1.29 is 14.3 Å². The molecule has 2 amide bonds. The van der Waals surface area contributed by atoms with E-state index in [1.165, 1.54) is 16.3 Å². The SMILES string of the molecule is COc1ccc2ccccc2c1CN[C@H]1CC[C@H](Nc2nccc(C=C3SC(=O)NC3=O)n2)CC1. The summed E-state index contributed by atoms with van der Waals surface area (Å²) in [5.74, 6) is 1.06. The molecule has 1 aliphatic carbocycles. The summed E-state index contributed by atoms with van der Waals surface area (Å²) in [5.41, 5.74) is 1.79. The Bertz CT molecular complexity index is 1290. The molecule has 1 saturated heterocycles. The Balaban J connectivity index is 1.16. The number of hydrogen-bond donors (Lipinski definition) is 3. The van der Waals surface area contributed by atoms with Crippen LogP contribution in [0.2, 0.25) is 0 Å². The molecule has 0 atom stereocenters. The lowest BCUT2D eigenvalue weighted by Gasteiger charge is -2.30. The van der Waals surface area contributed by atoms with Crippen LogP contribution in [-0.2, 0) is 11.3 Å². The molecule has 35 heavy (non-hydrogen) atoms. The molecular weight excluding hydrogens is 462 g/mol. The summed E-state index contributed by atoms with van der Waals surface area (Å²) in [4.78, 5) is 32.3. The first kappa shape index (κ1) is 23.3. The molecule has 0 unspecified atom stereocenters. The lowest BCUT2D eigenvalue weighted by Crippen LogP contribution is -2.37. The largest absolute Gasteiger partial charge is 0.496 e. The second-order valence-corrected chi connectivity index (χ2v) is 9.71. The van der Waals surface area contributed by atoms with Crippen LogP contribution in [0.5, 0.6) is 5.75 Å². The lowest BCUT2D eigenvalue weighted by atomic mass is 9.91. The minimum absolute atomic E-state index is 0.286. The third-order valence-electron chi connectivity index (χ3n) is 6.44. The fraction of sp³-hybridized carbons (Fsp3) is 0.308. The molecule has 180 valence electrons. The number of anilines is 1. The first-order valence-corrected chi connectivity index (χ1v) is 12.5. The maximum atomic E-state index is 11.8. The van der Waals surface area contributed by atoms with Gasteiger partial charge in [0.2, 0.25) is 5.95 Å². The minimum atomic E-state index is -0.389. The number of methoxy groups -OCH3 is 1. The molecule has 8 nitrogen and oxygen atoms in total. The zero-order chi connectivity index (χ0) is 24.2. The van der Waals surface area contributed by atoms with Crippen LogP contribution in [0.15, 0.2) is 53.6 Å². The zero-order valence-electron chi connectivity index (χ0n) is 19.4. The molecule has 2 aliphatic rings. The normalized spacial score (nSPS) is 21.3. The number of thioether (sulfide) groups is 1. The highest BCUT2D eigenvalue weighted by molar-refractivity contribution is 8.18. The molecule has 0 bridgehead atoms. The van der Waals surface area contributed by atoms with E-state index in [1.807, 2.05) is 6.07 Å². The number of fused-ring (bicyclic) bond motifs is 1. The van der Waals surface area contributed by atoms with Gasteiger partial charge < -0.3 is 15.4 Å². The monoisotopic (exact) mass is 489 g/mol. The van der Waals surface area contributed by atoms with Crippen molar-refractivity contribution >= 4 is 45.7 Å². The van der Waals surface area contributed by atoms with E-state index in [1.54, 1.807) is 25.4 Å². The molecular formula is C26H27N5O3S. The number of ether oxygens (including phenoxy) is 1. The average molecular weight is 490 g/mol. The van der Waals surface area contributed by atoms with Crippen molar-refractivity contribution in [2.45, 2.75) is 44.3 Å². The van der Waals surface area contributed by atoms with E-state index in [0.717, 1.165) is 49.7 Å². The van der Waals surface area contributed by atoms with Crippen molar-refractivity contribution in [1.82, 2.24) is 20.6 Å². The smallest absolute Gasteiger partial charge is 0.290 e. The molecule has 2 fully saturated rings. The number of carbonyl (C=O) groups is 2. The van der Waals surface area contributed by atoms with Crippen molar-refractivity contribution in [1.29, 1.82) is 0 Å². The molecule has 1 saturated carbocycles. The Morgan fingerprint density at radius 2 is 1.89 bits per heavy atom. The van der Waals surface area contributed by atoms with Crippen molar-refractivity contribution in [3.63, 3.8) is 0 Å². The Labute approximate surface area is 207 Å². The van der Waals surface area contributed by atoms with Gasteiger partial charge in [-0.25, -0.2) is 9.97 Å². The Kier molecular flexibility index (Phi) is 6.96. The molecule has 9 heteroatoms. The first-order valence-electron chi connectivity index (χ1n) is 11.7. The van der Waals surface area contributed by atoms with Crippen LogP contribution >= 0.6 is 11.8 Å². The second kappa shape index (κ2) is 10.5. The van der Waals surface area contributed by atoms with E-state index in [9.17, 15) is 9.59 Å². The number of carbonyl (C=O) groups excluding carboxylic acids is 2. The summed E-state index contributed by atoms with van der Waals surface area (Å²) in [5, 5.41) is 11.5. The van der Waals surface area contributed by atoms with Crippen LogP contribution in [0, 0.1) is 0 Å². The quantitative estimate of drug-likeness (QED) is 0.418. The van der Waals surface area contributed by atoms with Crippen molar-refractivity contribution in [3.8, 4) is 5.75 Å². The minimum Gasteiger partial charge on any atom is -0.496 e. The first-order chi connectivity index (χ1) is 17.1. The van der Waals surface area contributed by atoms with E-state index in [0.29, 0.717) is 22.6 Å².